The largest absolute Gasteiger partial charge is 0.396 e. The summed E-state index contributed by atoms with van der Waals surface area (Å²) < 4.78 is 3.08. The van der Waals surface area contributed by atoms with E-state index in [1.807, 2.05) is 53.9 Å². The maximum absolute atomic E-state index is 5.95. The second-order valence-electron chi connectivity index (χ2n) is 4.26. The molecule has 0 bridgehead atoms. The van der Waals surface area contributed by atoms with Crippen LogP contribution in [0.5, 0.6) is 0 Å². The summed E-state index contributed by atoms with van der Waals surface area (Å²) in [5.41, 5.74) is 10.6. The Morgan fingerprint density at radius 2 is 1.83 bits per heavy atom. The van der Waals surface area contributed by atoms with Gasteiger partial charge in [-0.3, -0.25) is 0 Å². The van der Waals surface area contributed by atoms with Crippen LogP contribution in [0.1, 0.15) is 5.69 Å². The molecule has 0 saturated heterocycles. The van der Waals surface area contributed by atoms with E-state index in [1.165, 1.54) is 0 Å². The minimum Gasteiger partial charge on any atom is -0.396 e. The van der Waals surface area contributed by atoms with E-state index >= 15 is 0 Å². The summed E-state index contributed by atoms with van der Waals surface area (Å²) in [6, 6.07) is 12.0. The number of nitrogen functional groups attached to an aromatic ring is 1. The summed E-state index contributed by atoms with van der Waals surface area (Å²) in [5, 5.41) is 0. The number of nitrogens with zero attached hydrogens (tertiary/aromatic N) is 2. The Labute approximate surface area is 113 Å². The quantitative estimate of drug-likeness (QED) is 0.745. The monoisotopic (exact) mass is 301 g/mol. The highest BCUT2D eigenvalue weighted by atomic mass is 79.9. The van der Waals surface area contributed by atoms with Crippen molar-refractivity contribution in [2.24, 2.45) is 0 Å². The first-order valence-corrected chi connectivity index (χ1v) is 6.44. The third kappa shape index (κ3) is 1.78. The molecule has 0 spiro atoms. The summed E-state index contributed by atoms with van der Waals surface area (Å²) in [5.74, 6) is 0. The number of halogens is 1. The second-order valence-corrected chi connectivity index (χ2v) is 5.17. The van der Waals surface area contributed by atoms with Gasteiger partial charge in [0.25, 0.3) is 0 Å². The predicted octanol–water partition coefficient (Wildman–Crippen LogP) is 3.65. The van der Waals surface area contributed by atoms with Crippen molar-refractivity contribution in [3.05, 3.63) is 52.8 Å². The lowest BCUT2D eigenvalue weighted by atomic mass is 10.2. The van der Waals surface area contributed by atoms with Gasteiger partial charge in [-0.2, -0.15) is 0 Å². The van der Waals surface area contributed by atoms with Gasteiger partial charge in [-0.1, -0.05) is 28.1 Å². The van der Waals surface area contributed by atoms with Gasteiger partial charge in [-0.15, -0.1) is 0 Å². The minimum absolute atomic E-state index is 0.698. The van der Waals surface area contributed by atoms with E-state index in [-0.39, 0.29) is 0 Å². The lowest BCUT2D eigenvalue weighted by molar-refractivity contribution is 1.10. The summed E-state index contributed by atoms with van der Waals surface area (Å²) in [7, 11) is 0. The molecule has 0 saturated carbocycles. The van der Waals surface area contributed by atoms with Gasteiger partial charge in [-0.05, 0) is 31.2 Å². The fraction of sp³-hybridized carbons (Fsp3) is 0.0714. The number of rotatable bonds is 1. The zero-order valence-electron chi connectivity index (χ0n) is 9.89. The van der Waals surface area contributed by atoms with Crippen LogP contribution in [0.2, 0.25) is 0 Å². The highest BCUT2D eigenvalue weighted by Crippen LogP contribution is 2.24. The first-order valence-electron chi connectivity index (χ1n) is 5.65. The maximum Gasteiger partial charge on any atom is 0.160 e. The number of hydrogen-bond donors (Lipinski definition) is 1. The number of nitrogens with two attached hydrogens (primary N) is 1. The van der Waals surface area contributed by atoms with Gasteiger partial charge in [0, 0.05) is 21.9 Å². The molecule has 3 rings (SSSR count). The molecule has 2 aromatic heterocycles. The van der Waals surface area contributed by atoms with E-state index < -0.39 is 0 Å². The van der Waals surface area contributed by atoms with E-state index in [9.17, 15) is 0 Å². The van der Waals surface area contributed by atoms with Gasteiger partial charge in [-0.25, -0.2) is 4.98 Å². The van der Waals surface area contributed by atoms with Crippen molar-refractivity contribution in [2.75, 3.05) is 5.73 Å². The SMILES string of the molecule is Cc1ccc(N)c2nc(-c3ccc(Br)cc3)cn12. The van der Waals surface area contributed by atoms with Crippen LogP contribution in [0, 0.1) is 6.92 Å². The molecule has 90 valence electrons. The van der Waals surface area contributed by atoms with E-state index in [0.29, 0.717) is 5.69 Å². The van der Waals surface area contributed by atoms with Crippen LogP contribution in [-0.2, 0) is 0 Å². The Balaban J connectivity index is 2.22. The topological polar surface area (TPSA) is 43.3 Å². The highest BCUT2D eigenvalue weighted by Gasteiger charge is 2.07. The molecular formula is C14H12BrN3. The van der Waals surface area contributed by atoms with Gasteiger partial charge in [0.15, 0.2) is 5.65 Å². The lowest BCUT2D eigenvalue weighted by Crippen LogP contribution is -1.94. The Hall–Kier alpha value is -1.81. The predicted molar refractivity (Wildman–Crippen MR) is 77.5 cm³/mol. The fourth-order valence-corrected chi connectivity index (χ4v) is 2.24. The Morgan fingerprint density at radius 1 is 1.11 bits per heavy atom. The van der Waals surface area contributed by atoms with Crippen LogP contribution in [0.4, 0.5) is 5.69 Å². The van der Waals surface area contributed by atoms with Crippen molar-refractivity contribution < 1.29 is 0 Å². The molecule has 0 amide bonds. The van der Waals surface area contributed by atoms with Crippen LogP contribution >= 0.6 is 15.9 Å². The molecule has 1 aromatic carbocycles. The molecule has 0 aliphatic carbocycles. The average Bonchev–Trinajstić information content (AvgIpc) is 2.81. The van der Waals surface area contributed by atoms with Crippen LogP contribution < -0.4 is 5.73 Å². The lowest BCUT2D eigenvalue weighted by Gasteiger charge is -2.00. The zero-order valence-corrected chi connectivity index (χ0v) is 11.5. The molecule has 0 radical (unpaired) electrons. The molecule has 3 nitrogen and oxygen atoms in total. The Kier molecular flexibility index (Phi) is 2.59. The van der Waals surface area contributed by atoms with Crippen molar-refractivity contribution in [1.82, 2.24) is 9.38 Å². The minimum atomic E-state index is 0.698. The number of aromatic nitrogens is 2. The number of pyridine rings is 1. The number of aryl methyl sites for hydroxylation is 1. The number of hydrogen-bond acceptors (Lipinski definition) is 2. The van der Waals surface area contributed by atoms with E-state index in [2.05, 4.69) is 20.9 Å². The first kappa shape index (κ1) is 11.3. The van der Waals surface area contributed by atoms with Crippen molar-refractivity contribution in [3.8, 4) is 11.3 Å². The molecule has 3 aromatic rings. The zero-order chi connectivity index (χ0) is 12.7. The average molecular weight is 302 g/mol. The van der Waals surface area contributed by atoms with Crippen molar-refractivity contribution in [1.29, 1.82) is 0 Å². The number of anilines is 1. The first-order chi connectivity index (χ1) is 8.65. The van der Waals surface area contributed by atoms with E-state index in [1.54, 1.807) is 0 Å². The summed E-state index contributed by atoms with van der Waals surface area (Å²) in [4.78, 5) is 4.60. The summed E-state index contributed by atoms with van der Waals surface area (Å²) in [6.07, 6.45) is 2.02. The van der Waals surface area contributed by atoms with E-state index in [4.69, 9.17) is 5.73 Å². The normalized spacial score (nSPS) is 11.0. The molecule has 0 aliphatic heterocycles. The summed E-state index contributed by atoms with van der Waals surface area (Å²) in [6.45, 7) is 2.04. The number of benzene rings is 1. The van der Waals surface area contributed by atoms with Gasteiger partial charge < -0.3 is 10.1 Å². The van der Waals surface area contributed by atoms with Gasteiger partial charge in [0.1, 0.15) is 0 Å². The van der Waals surface area contributed by atoms with Crippen LogP contribution in [0.15, 0.2) is 47.1 Å². The van der Waals surface area contributed by atoms with Crippen LogP contribution in [0.3, 0.4) is 0 Å². The van der Waals surface area contributed by atoms with Gasteiger partial charge in [0.05, 0.1) is 11.4 Å². The standard InChI is InChI=1S/C14H12BrN3/c1-9-2-7-12(16)14-17-13(8-18(9)14)10-3-5-11(15)6-4-10/h2-8H,16H2,1H3. The van der Waals surface area contributed by atoms with Crippen molar-refractivity contribution in [3.63, 3.8) is 0 Å². The molecule has 4 heteroatoms. The molecule has 2 heterocycles. The van der Waals surface area contributed by atoms with Gasteiger partial charge >= 0.3 is 0 Å². The van der Waals surface area contributed by atoms with Gasteiger partial charge in [0.2, 0.25) is 0 Å². The third-order valence-electron chi connectivity index (χ3n) is 2.99. The smallest absolute Gasteiger partial charge is 0.160 e. The maximum atomic E-state index is 5.95. The number of imidazole rings is 1. The molecule has 0 aliphatic rings. The van der Waals surface area contributed by atoms with E-state index in [0.717, 1.165) is 27.1 Å². The molecule has 0 fully saturated rings. The summed E-state index contributed by atoms with van der Waals surface area (Å²) >= 11 is 3.43. The molecule has 0 unspecified atom stereocenters. The molecule has 0 atom stereocenters. The molecule has 18 heavy (non-hydrogen) atoms. The molecule has 2 N–H and O–H groups in total. The Morgan fingerprint density at radius 3 is 2.50 bits per heavy atom. The van der Waals surface area contributed by atoms with Crippen molar-refractivity contribution in [2.45, 2.75) is 6.92 Å². The van der Waals surface area contributed by atoms with Crippen LogP contribution in [-0.4, -0.2) is 9.38 Å². The Bertz CT molecular complexity index is 675. The fourth-order valence-electron chi connectivity index (χ4n) is 1.98. The van der Waals surface area contributed by atoms with Crippen LogP contribution in [0.25, 0.3) is 16.9 Å². The third-order valence-corrected chi connectivity index (χ3v) is 3.52. The second kappa shape index (κ2) is 4.14. The molecular weight excluding hydrogens is 290 g/mol. The highest BCUT2D eigenvalue weighted by molar-refractivity contribution is 9.10. The van der Waals surface area contributed by atoms with Crippen molar-refractivity contribution >= 4 is 27.3 Å². The number of fused-ring (bicyclic) bond motifs is 1.